The first-order valence-corrected chi connectivity index (χ1v) is 8.38. The van der Waals surface area contributed by atoms with E-state index in [2.05, 4.69) is 25.4 Å². The topological polar surface area (TPSA) is 126 Å². The first-order chi connectivity index (χ1) is 13.1. The Bertz CT molecular complexity index is 976. The van der Waals surface area contributed by atoms with Crippen molar-refractivity contribution in [3.63, 3.8) is 0 Å². The average molecular weight is 372 g/mol. The number of aromatic nitrogens is 6. The third-order valence-corrected chi connectivity index (χ3v) is 4.38. The predicted octanol–water partition coefficient (Wildman–Crippen LogP) is 0.331. The summed E-state index contributed by atoms with van der Waals surface area (Å²) >= 11 is 0. The highest BCUT2D eigenvalue weighted by atomic mass is 16.5. The van der Waals surface area contributed by atoms with Gasteiger partial charge in [-0.2, -0.15) is 9.78 Å². The maximum absolute atomic E-state index is 6.18. The minimum atomic E-state index is -0.307. The van der Waals surface area contributed by atoms with E-state index < -0.39 is 0 Å². The lowest BCUT2D eigenvalue weighted by molar-refractivity contribution is 0.0333. The van der Waals surface area contributed by atoms with E-state index >= 15 is 0 Å². The summed E-state index contributed by atoms with van der Waals surface area (Å²) in [6.45, 7) is 1.63. The lowest BCUT2D eigenvalue weighted by Crippen LogP contribution is -2.39. The Morgan fingerprint density at radius 2 is 1.96 bits per heavy atom. The Hall–Kier alpha value is -3.21. The zero-order valence-electron chi connectivity index (χ0n) is 15.3. The van der Waals surface area contributed by atoms with Gasteiger partial charge < -0.3 is 24.8 Å². The molecule has 0 spiro atoms. The second-order valence-corrected chi connectivity index (χ2v) is 6.08. The molecule has 1 aliphatic heterocycles. The predicted molar refractivity (Wildman–Crippen MR) is 96.8 cm³/mol. The van der Waals surface area contributed by atoms with E-state index in [1.54, 1.807) is 33.4 Å². The summed E-state index contributed by atoms with van der Waals surface area (Å²) in [5.41, 5.74) is 6.86. The smallest absolute Gasteiger partial charge is 0.228 e. The number of fused-ring (bicyclic) bond motifs is 1. The molecule has 1 saturated heterocycles. The lowest BCUT2D eigenvalue weighted by atomic mass is 10.2. The van der Waals surface area contributed by atoms with Crippen molar-refractivity contribution in [2.45, 2.75) is 6.10 Å². The molecular weight excluding hydrogens is 352 g/mol. The molecule has 1 fully saturated rings. The molecule has 4 rings (SSSR count). The standard InChI is InChI=1S/C16H20N8O3/c1-23-21-15(20-22-23)13-8-24(4-5-27-13)16-18-10-7-12(26-3)11(25-2)6-9(10)14(17)19-16/h6-7,13H,4-5,8H2,1-3H3,(H2,17,18,19). The van der Waals surface area contributed by atoms with E-state index in [4.69, 9.17) is 19.9 Å². The number of nitrogen functional groups attached to an aromatic ring is 1. The summed E-state index contributed by atoms with van der Waals surface area (Å²) in [6, 6.07) is 3.57. The Balaban J connectivity index is 1.68. The fourth-order valence-corrected chi connectivity index (χ4v) is 3.02. The van der Waals surface area contributed by atoms with Crippen molar-refractivity contribution in [2.24, 2.45) is 7.05 Å². The molecule has 0 bridgehead atoms. The number of nitrogens with two attached hydrogens (primary N) is 1. The maximum Gasteiger partial charge on any atom is 0.228 e. The second-order valence-electron chi connectivity index (χ2n) is 6.08. The number of hydrogen-bond donors (Lipinski definition) is 1. The van der Waals surface area contributed by atoms with Gasteiger partial charge in [-0.25, -0.2) is 4.98 Å². The molecule has 3 heterocycles. The fourth-order valence-electron chi connectivity index (χ4n) is 3.02. The highest BCUT2D eigenvalue weighted by Gasteiger charge is 2.27. The summed E-state index contributed by atoms with van der Waals surface area (Å²) in [6.07, 6.45) is -0.307. The third-order valence-electron chi connectivity index (χ3n) is 4.38. The van der Waals surface area contributed by atoms with Crippen LogP contribution in [0.15, 0.2) is 12.1 Å². The fraction of sp³-hybridized carbons (Fsp3) is 0.438. The van der Waals surface area contributed by atoms with Crippen LogP contribution in [0.5, 0.6) is 11.5 Å². The zero-order valence-corrected chi connectivity index (χ0v) is 15.3. The molecule has 0 radical (unpaired) electrons. The molecule has 2 N–H and O–H groups in total. The Morgan fingerprint density at radius 3 is 2.67 bits per heavy atom. The van der Waals surface area contributed by atoms with Gasteiger partial charge in [-0.1, -0.05) is 0 Å². The van der Waals surface area contributed by atoms with Crippen molar-refractivity contribution in [2.75, 3.05) is 44.5 Å². The first-order valence-electron chi connectivity index (χ1n) is 8.38. The van der Waals surface area contributed by atoms with Gasteiger partial charge in [-0.3, -0.25) is 0 Å². The SMILES string of the molecule is COc1cc2nc(N3CCOC(c4nnn(C)n4)C3)nc(N)c2cc1OC. The Morgan fingerprint density at radius 1 is 1.19 bits per heavy atom. The largest absolute Gasteiger partial charge is 0.493 e. The molecule has 2 aromatic heterocycles. The molecule has 142 valence electrons. The van der Waals surface area contributed by atoms with Crippen molar-refractivity contribution in [3.05, 3.63) is 18.0 Å². The van der Waals surface area contributed by atoms with E-state index in [9.17, 15) is 0 Å². The van der Waals surface area contributed by atoms with Crippen LogP contribution in [0, 0.1) is 0 Å². The van der Waals surface area contributed by atoms with Crippen molar-refractivity contribution < 1.29 is 14.2 Å². The van der Waals surface area contributed by atoms with Gasteiger partial charge in [0.05, 0.1) is 39.9 Å². The van der Waals surface area contributed by atoms with Crippen molar-refractivity contribution >= 4 is 22.7 Å². The second kappa shape index (κ2) is 6.83. The van der Waals surface area contributed by atoms with Crippen molar-refractivity contribution in [1.82, 2.24) is 30.2 Å². The molecule has 0 saturated carbocycles. The van der Waals surface area contributed by atoms with Crippen LogP contribution in [-0.4, -0.2) is 64.1 Å². The molecule has 1 atom stereocenters. The zero-order chi connectivity index (χ0) is 19.0. The molecule has 0 aliphatic carbocycles. The molecule has 0 amide bonds. The highest BCUT2D eigenvalue weighted by molar-refractivity contribution is 5.91. The van der Waals surface area contributed by atoms with Crippen LogP contribution in [0.3, 0.4) is 0 Å². The third kappa shape index (κ3) is 3.16. The maximum atomic E-state index is 6.18. The van der Waals surface area contributed by atoms with Crippen molar-refractivity contribution in [3.8, 4) is 11.5 Å². The number of morpholine rings is 1. The van der Waals surface area contributed by atoms with E-state index in [1.807, 2.05) is 4.90 Å². The molecule has 1 unspecified atom stereocenters. The van der Waals surface area contributed by atoms with Gasteiger partial charge >= 0.3 is 0 Å². The minimum absolute atomic E-state index is 0.307. The van der Waals surface area contributed by atoms with Crippen LogP contribution in [0.2, 0.25) is 0 Å². The van der Waals surface area contributed by atoms with Gasteiger partial charge in [0.2, 0.25) is 11.8 Å². The number of tetrazole rings is 1. The highest BCUT2D eigenvalue weighted by Crippen LogP contribution is 2.34. The van der Waals surface area contributed by atoms with E-state index in [-0.39, 0.29) is 6.10 Å². The molecule has 11 nitrogen and oxygen atoms in total. The van der Waals surface area contributed by atoms with Crippen molar-refractivity contribution in [1.29, 1.82) is 0 Å². The minimum Gasteiger partial charge on any atom is -0.493 e. The molecule has 11 heteroatoms. The normalized spacial score (nSPS) is 17.3. The summed E-state index contributed by atoms with van der Waals surface area (Å²) in [5, 5.41) is 12.8. The number of rotatable bonds is 4. The molecule has 3 aromatic rings. The number of hydrogen-bond acceptors (Lipinski definition) is 10. The first kappa shape index (κ1) is 17.2. The summed E-state index contributed by atoms with van der Waals surface area (Å²) in [4.78, 5) is 12.5. The number of ether oxygens (including phenoxy) is 3. The Kier molecular flexibility index (Phi) is 4.36. The average Bonchev–Trinajstić information content (AvgIpc) is 3.13. The van der Waals surface area contributed by atoms with Crippen LogP contribution < -0.4 is 20.1 Å². The van der Waals surface area contributed by atoms with E-state index in [0.29, 0.717) is 59.7 Å². The summed E-state index contributed by atoms with van der Waals surface area (Å²) in [5.74, 6) is 2.58. The van der Waals surface area contributed by atoms with Crippen LogP contribution in [-0.2, 0) is 11.8 Å². The van der Waals surface area contributed by atoms with E-state index in [0.717, 1.165) is 0 Å². The number of nitrogens with zero attached hydrogens (tertiary/aromatic N) is 7. The lowest BCUT2D eigenvalue weighted by Gasteiger charge is -2.31. The summed E-state index contributed by atoms with van der Waals surface area (Å²) < 4.78 is 16.5. The summed E-state index contributed by atoms with van der Waals surface area (Å²) in [7, 11) is 4.87. The number of benzene rings is 1. The van der Waals surface area contributed by atoms with Gasteiger partial charge in [-0.05, 0) is 11.3 Å². The number of anilines is 2. The van der Waals surface area contributed by atoms with Crippen LogP contribution >= 0.6 is 0 Å². The van der Waals surface area contributed by atoms with Crippen LogP contribution in [0.4, 0.5) is 11.8 Å². The Labute approximate surface area is 155 Å². The monoisotopic (exact) mass is 372 g/mol. The molecule has 1 aromatic carbocycles. The van der Waals surface area contributed by atoms with Gasteiger partial charge in [0, 0.05) is 18.0 Å². The molecular formula is C16H20N8O3. The molecule has 27 heavy (non-hydrogen) atoms. The van der Waals surface area contributed by atoms with Gasteiger partial charge in [0.15, 0.2) is 11.5 Å². The molecule has 1 aliphatic rings. The van der Waals surface area contributed by atoms with Gasteiger partial charge in [0.25, 0.3) is 0 Å². The van der Waals surface area contributed by atoms with Gasteiger partial charge in [-0.15, -0.1) is 10.2 Å². The quantitative estimate of drug-likeness (QED) is 0.684. The van der Waals surface area contributed by atoms with Gasteiger partial charge in [0.1, 0.15) is 11.9 Å². The van der Waals surface area contributed by atoms with E-state index in [1.165, 1.54) is 4.80 Å². The van der Waals surface area contributed by atoms with Crippen LogP contribution in [0.25, 0.3) is 10.9 Å². The number of methoxy groups -OCH3 is 2. The number of aryl methyl sites for hydroxylation is 1. The van der Waals surface area contributed by atoms with Crippen LogP contribution in [0.1, 0.15) is 11.9 Å².